The zero-order valence-electron chi connectivity index (χ0n) is 21.4. The highest BCUT2D eigenvalue weighted by Crippen LogP contribution is 2.45. The third kappa shape index (κ3) is 3.86. The molecule has 2 atom stereocenters. The lowest BCUT2D eigenvalue weighted by Crippen LogP contribution is -2.61. The lowest BCUT2D eigenvalue weighted by Gasteiger charge is -2.50. The summed E-state index contributed by atoms with van der Waals surface area (Å²) in [7, 11) is 3.55. The van der Waals surface area contributed by atoms with Crippen LogP contribution in [-0.2, 0) is 10.4 Å². The van der Waals surface area contributed by atoms with Gasteiger partial charge in [-0.1, -0.05) is 11.2 Å². The Morgan fingerprint density at radius 1 is 1.16 bits per heavy atom. The number of nitrogens with zero attached hydrogens (tertiary/aromatic N) is 5. The Balaban J connectivity index is 1.40. The lowest BCUT2D eigenvalue weighted by molar-refractivity contribution is -0.0500. The molecular weight excluding hydrogens is 495 g/mol. The van der Waals surface area contributed by atoms with Crippen molar-refractivity contribution in [2.24, 2.45) is 5.16 Å². The van der Waals surface area contributed by atoms with Crippen LogP contribution in [0.2, 0.25) is 0 Å². The molecule has 0 N–H and O–H groups in total. The van der Waals surface area contributed by atoms with Crippen LogP contribution in [0.5, 0.6) is 5.75 Å². The predicted octanol–water partition coefficient (Wildman–Crippen LogP) is 4.64. The Bertz CT molecular complexity index is 1450. The van der Waals surface area contributed by atoms with Crippen LogP contribution in [0.15, 0.2) is 53.6 Å². The number of aromatic nitrogens is 2. The molecule has 1 unspecified atom stereocenters. The van der Waals surface area contributed by atoms with Gasteiger partial charge in [0.25, 0.3) is 0 Å². The maximum atomic E-state index is 14.4. The molecule has 198 valence electrons. The highest BCUT2D eigenvalue weighted by atomic mass is 19.2. The summed E-state index contributed by atoms with van der Waals surface area (Å²) in [5.41, 5.74) is 3.08. The SMILES string of the molecule is COc1cc(/C=C2\CCCN3C2=NOC2CN(C)C[C@]23c2cc(F)c(F)c(F)c2)ccc1-n1cnc(C)c1. The lowest BCUT2D eigenvalue weighted by atomic mass is 9.81. The van der Waals surface area contributed by atoms with E-state index in [9.17, 15) is 13.2 Å². The number of halogens is 3. The highest BCUT2D eigenvalue weighted by Gasteiger charge is 2.57. The van der Waals surface area contributed by atoms with Crippen LogP contribution in [0, 0.1) is 24.4 Å². The summed E-state index contributed by atoms with van der Waals surface area (Å²) in [6.07, 6.45) is 6.83. The third-order valence-corrected chi connectivity index (χ3v) is 7.66. The van der Waals surface area contributed by atoms with E-state index in [1.165, 1.54) is 0 Å². The summed E-state index contributed by atoms with van der Waals surface area (Å²) in [5.74, 6) is -2.57. The van der Waals surface area contributed by atoms with Crippen LogP contribution in [0.3, 0.4) is 0 Å². The van der Waals surface area contributed by atoms with Gasteiger partial charge in [0.1, 0.15) is 11.3 Å². The fraction of sp³-hybridized carbons (Fsp3) is 0.357. The molecule has 0 saturated carbocycles. The van der Waals surface area contributed by atoms with Gasteiger partial charge in [0.2, 0.25) is 0 Å². The number of hydrogen-bond donors (Lipinski definition) is 0. The molecule has 0 aliphatic carbocycles. The minimum Gasteiger partial charge on any atom is -0.495 e. The summed E-state index contributed by atoms with van der Waals surface area (Å²) in [6, 6.07) is 8.11. The van der Waals surface area contributed by atoms with E-state index in [0.29, 0.717) is 36.8 Å². The van der Waals surface area contributed by atoms with E-state index >= 15 is 0 Å². The molecule has 0 amide bonds. The molecular formula is C28H28F3N5O2. The first-order chi connectivity index (χ1) is 18.3. The highest BCUT2D eigenvalue weighted by molar-refractivity contribution is 6.03. The molecule has 6 rings (SSSR count). The minimum absolute atomic E-state index is 0.346. The number of oxime groups is 1. The average molecular weight is 524 g/mol. The number of piperidine rings is 1. The number of likely N-dealkylation sites (tertiary alicyclic amines) is 1. The van der Waals surface area contributed by atoms with Gasteiger partial charge >= 0.3 is 0 Å². The van der Waals surface area contributed by atoms with E-state index in [-0.39, 0.29) is 0 Å². The Kier molecular flexibility index (Phi) is 5.94. The van der Waals surface area contributed by atoms with Crippen LogP contribution < -0.4 is 4.74 Å². The number of fused-ring (bicyclic) bond motifs is 3. The number of aryl methyl sites for hydroxylation is 1. The van der Waals surface area contributed by atoms with E-state index in [1.807, 2.05) is 53.9 Å². The molecule has 2 aromatic carbocycles. The number of rotatable bonds is 4. The Morgan fingerprint density at radius 2 is 1.95 bits per heavy atom. The van der Waals surface area contributed by atoms with Gasteiger partial charge in [0.05, 0.1) is 24.8 Å². The second-order valence-electron chi connectivity index (χ2n) is 10.2. The molecule has 10 heteroatoms. The Morgan fingerprint density at radius 3 is 2.66 bits per heavy atom. The number of likely N-dealkylation sites (N-methyl/N-ethyl adjacent to an activating group) is 1. The Hall–Kier alpha value is -3.79. The molecule has 3 aromatic rings. The van der Waals surface area contributed by atoms with Gasteiger partial charge in [-0.3, -0.25) is 4.90 Å². The first kappa shape index (κ1) is 24.5. The fourth-order valence-corrected chi connectivity index (χ4v) is 5.95. The molecule has 2 fully saturated rings. The van der Waals surface area contributed by atoms with Crippen molar-refractivity contribution in [2.75, 3.05) is 33.8 Å². The number of benzene rings is 2. The van der Waals surface area contributed by atoms with E-state index in [4.69, 9.17) is 9.57 Å². The predicted molar refractivity (Wildman–Crippen MR) is 137 cm³/mol. The molecule has 7 nitrogen and oxygen atoms in total. The van der Waals surface area contributed by atoms with Gasteiger partial charge < -0.3 is 19.0 Å². The standard InChI is InChI=1S/C28H28F3N5O2/c1-17-13-35(16-32-17)23-7-6-18(10-24(23)37-3)9-19-5-4-8-36-27(19)33-38-25-14-34(2)15-28(25,36)20-11-21(29)26(31)22(30)12-20/h6-7,9-13,16,25H,4-5,8,14-15H2,1-3H3/b19-9+/t25?,28-/m0/s1. The molecule has 4 heterocycles. The zero-order valence-corrected chi connectivity index (χ0v) is 21.4. The summed E-state index contributed by atoms with van der Waals surface area (Å²) >= 11 is 0. The maximum Gasteiger partial charge on any atom is 0.194 e. The van der Waals surface area contributed by atoms with Gasteiger partial charge in [-0.25, -0.2) is 18.2 Å². The fourth-order valence-electron chi connectivity index (χ4n) is 5.95. The van der Waals surface area contributed by atoms with E-state index in [0.717, 1.165) is 47.5 Å². The van der Waals surface area contributed by atoms with Crippen LogP contribution in [0.4, 0.5) is 13.2 Å². The quantitative estimate of drug-likeness (QED) is 0.467. The van der Waals surface area contributed by atoms with Gasteiger partial charge in [0.15, 0.2) is 29.4 Å². The largest absolute Gasteiger partial charge is 0.495 e. The van der Waals surface area contributed by atoms with Crippen molar-refractivity contribution in [2.45, 2.75) is 31.4 Å². The number of amidine groups is 1. The monoisotopic (exact) mass is 523 g/mol. The average Bonchev–Trinajstić information content (AvgIpc) is 3.49. The van der Waals surface area contributed by atoms with Crippen molar-refractivity contribution < 1.29 is 22.7 Å². The van der Waals surface area contributed by atoms with Crippen molar-refractivity contribution in [1.29, 1.82) is 0 Å². The van der Waals surface area contributed by atoms with E-state index in [2.05, 4.69) is 15.0 Å². The molecule has 1 aromatic heterocycles. The molecule has 0 spiro atoms. The molecule has 38 heavy (non-hydrogen) atoms. The number of imidazole rings is 1. The van der Waals surface area contributed by atoms with Crippen LogP contribution >= 0.6 is 0 Å². The van der Waals surface area contributed by atoms with Crippen LogP contribution in [0.25, 0.3) is 11.8 Å². The van der Waals surface area contributed by atoms with Gasteiger partial charge in [0, 0.05) is 25.8 Å². The smallest absolute Gasteiger partial charge is 0.194 e. The van der Waals surface area contributed by atoms with Crippen molar-refractivity contribution in [3.05, 3.63) is 82.7 Å². The molecule has 3 aliphatic heterocycles. The van der Waals surface area contributed by atoms with Crippen molar-refractivity contribution >= 4 is 11.9 Å². The third-order valence-electron chi connectivity index (χ3n) is 7.66. The second-order valence-corrected chi connectivity index (χ2v) is 10.2. The summed E-state index contributed by atoms with van der Waals surface area (Å²) in [5, 5.41) is 4.49. The molecule has 0 bridgehead atoms. The first-order valence-corrected chi connectivity index (χ1v) is 12.5. The summed E-state index contributed by atoms with van der Waals surface area (Å²) in [6.45, 7) is 3.55. The normalized spacial score (nSPS) is 24.2. The first-order valence-electron chi connectivity index (χ1n) is 12.5. The van der Waals surface area contributed by atoms with E-state index < -0.39 is 29.1 Å². The minimum atomic E-state index is -1.47. The number of ether oxygens (including phenoxy) is 1. The maximum absolute atomic E-state index is 14.4. The topological polar surface area (TPSA) is 55.1 Å². The van der Waals surface area contributed by atoms with Crippen LogP contribution in [-0.4, -0.2) is 65.1 Å². The number of methoxy groups -OCH3 is 1. The zero-order chi connectivity index (χ0) is 26.6. The van der Waals surface area contributed by atoms with Crippen molar-refractivity contribution in [3.63, 3.8) is 0 Å². The van der Waals surface area contributed by atoms with Gasteiger partial charge in [-0.05, 0) is 73.9 Å². The Labute approximate surface area is 218 Å². The summed E-state index contributed by atoms with van der Waals surface area (Å²) in [4.78, 5) is 14.4. The van der Waals surface area contributed by atoms with Crippen molar-refractivity contribution in [3.8, 4) is 11.4 Å². The van der Waals surface area contributed by atoms with E-state index in [1.54, 1.807) is 13.4 Å². The van der Waals surface area contributed by atoms with Gasteiger partial charge in [-0.2, -0.15) is 0 Å². The van der Waals surface area contributed by atoms with Crippen LogP contribution in [0.1, 0.15) is 29.7 Å². The van der Waals surface area contributed by atoms with Crippen molar-refractivity contribution in [1.82, 2.24) is 19.4 Å². The summed E-state index contributed by atoms with van der Waals surface area (Å²) < 4.78 is 50.3. The molecule has 0 radical (unpaired) electrons. The second kappa shape index (κ2) is 9.20. The number of hydrogen-bond acceptors (Lipinski definition) is 6. The van der Waals surface area contributed by atoms with Gasteiger partial charge in [-0.15, -0.1) is 0 Å². The molecule has 2 saturated heterocycles. The molecule has 3 aliphatic rings.